The minimum atomic E-state index is -0.121. The minimum Gasteiger partial charge on any atom is -0.497 e. The predicted molar refractivity (Wildman–Crippen MR) is 84.9 cm³/mol. The summed E-state index contributed by atoms with van der Waals surface area (Å²) in [4.78, 5) is 20.7. The van der Waals surface area contributed by atoms with Gasteiger partial charge in [0.2, 0.25) is 5.91 Å². The molecule has 0 unspecified atom stereocenters. The standard InChI is InChI=1S/C17H15N3O2/c1-22-13-5-2-4-12(10-13)11-17(21)20-16-8-7-14-15(19-16)6-3-9-18-14/h2-10H,11H2,1H3,(H,19,20,21). The lowest BCUT2D eigenvalue weighted by Gasteiger charge is -2.06. The summed E-state index contributed by atoms with van der Waals surface area (Å²) < 4.78 is 5.15. The van der Waals surface area contributed by atoms with Crippen molar-refractivity contribution < 1.29 is 9.53 Å². The molecule has 1 amide bonds. The number of carbonyl (C=O) groups is 1. The molecule has 0 bridgehead atoms. The second-order valence-corrected chi connectivity index (χ2v) is 4.81. The van der Waals surface area contributed by atoms with E-state index in [-0.39, 0.29) is 12.3 Å². The number of pyridine rings is 2. The Morgan fingerprint density at radius 2 is 2.05 bits per heavy atom. The summed E-state index contributed by atoms with van der Waals surface area (Å²) >= 11 is 0. The van der Waals surface area contributed by atoms with Crippen LogP contribution in [0.2, 0.25) is 0 Å². The van der Waals surface area contributed by atoms with Crippen molar-refractivity contribution in [2.24, 2.45) is 0 Å². The van der Waals surface area contributed by atoms with Gasteiger partial charge in [0.05, 0.1) is 24.6 Å². The predicted octanol–water partition coefficient (Wildman–Crippen LogP) is 2.82. The van der Waals surface area contributed by atoms with Crippen molar-refractivity contribution in [3.8, 4) is 5.75 Å². The van der Waals surface area contributed by atoms with Crippen LogP contribution in [0.25, 0.3) is 11.0 Å². The van der Waals surface area contributed by atoms with E-state index >= 15 is 0 Å². The van der Waals surface area contributed by atoms with E-state index in [1.54, 1.807) is 19.4 Å². The Hall–Kier alpha value is -2.95. The van der Waals surface area contributed by atoms with E-state index in [0.717, 1.165) is 22.3 Å². The molecule has 0 aliphatic carbocycles. The molecule has 0 fully saturated rings. The molecule has 3 rings (SSSR count). The second-order valence-electron chi connectivity index (χ2n) is 4.81. The molecular formula is C17H15N3O2. The van der Waals surface area contributed by atoms with Gasteiger partial charge in [-0.25, -0.2) is 4.98 Å². The first-order chi connectivity index (χ1) is 10.7. The molecule has 5 heteroatoms. The number of nitrogens with zero attached hydrogens (tertiary/aromatic N) is 2. The third kappa shape index (κ3) is 3.20. The van der Waals surface area contributed by atoms with Gasteiger partial charge in [-0.3, -0.25) is 9.78 Å². The third-order valence-corrected chi connectivity index (χ3v) is 3.22. The molecule has 0 saturated heterocycles. The summed E-state index contributed by atoms with van der Waals surface area (Å²) in [5, 5.41) is 2.80. The highest BCUT2D eigenvalue weighted by atomic mass is 16.5. The van der Waals surface area contributed by atoms with Gasteiger partial charge < -0.3 is 10.1 Å². The topological polar surface area (TPSA) is 64.1 Å². The normalized spacial score (nSPS) is 10.4. The zero-order valence-corrected chi connectivity index (χ0v) is 12.1. The van der Waals surface area contributed by atoms with Gasteiger partial charge in [-0.1, -0.05) is 12.1 Å². The maximum Gasteiger partial charge on any atom is 0.229 e. The van der Waals surface area contributed by atoms with E-state index in [1.807, 2.05) is 42.5 Å². The van der Waals surface area contributed by atoms with Gasteiger partial charge in [-0.2, -0.15) is 0 Å². The van der Waals surface area contributed by atoms with Gasteiger partial charge in [0, 0.05) is 6.20 Å². The summed E-state index contributed by atoms with van der Waals surface area (Å²) in [6, 6.07) is 14.7. The van der Waals surface area contributed by atoms with E-state index in [1.165, 1.54) is 0 Å². The lowest BCUT2D eigenvalue weighted by atomic mass is 10.1. The van der Waals surface area contributed by atoms with Crippen molar-refractivity contribution in [3.63, 3.8) is 0 Å². The molecular weight excluding hydrogens is 278 g/mol. The first kappa shape index (κ1) is 14.0. The molecule has 0 saturated carbocycles. The number of aromatic nitrogens is 2. The Balaban J connectivity index is 1.72. The largest absolute Gasteiger partial charge is 0.497 e. The third-order valence-electron chi connectivity index (χ3n) is 3.22. The van der Waals surface area contributed by atoms with Crippen LogP contribution in [-0.4, -0.2) is 23.0 Å². The van der Waals surface area contributed by atoms with Crippen LogP contribution in [0.15, 0.2) is 54.7 Å². The zero-order chi connectivity index (χ0) is 15.4. The van der Waals surface area contributed by atoms with Crippen molar-refractivity contribution in [1.82, 2.24) is 9.97 Å². The van der Waals surface area contributed by atoms with Crippen LogP contribution < -0.4 is 10.1 Å². The molecule has 22 heavy (non-hydrogen) atoms. The fourth-order valence-corrected chi connectivity index (χ4v) is 2.18. The molecule has 1 N–H and O–H groups in total. The van der Waals surface area contributed by atoms with Crippen LogP contribution >= 0.6 is 0 Å². The van der Waals surface area contributed by atoms with E-state index in [2.05, 4.69) is 15.3 Å². The summed E-state index contributed by atoms with van der Waals surface area (Å²) in [5.41, 5.74) is 2.44. The molecule has 0 atom stereocenters. The van der Waals surface area contributed by atoms with Gasteiger partial charge in [-0.05, 0) is 42.0 Å². The van der Waals surface area contributed by atoms with E-state index in [4.69, 9.17) is 4.74 Å². The summed E-state index contributed by atoms with van der Waals surface area (Å²) in [7, 11) is 1.60. The molecule has 0 spiro atoms. The monoisotopic (exact) mass is 293 g/mol. The molecule has 2 heterocycles. The number of fused-ring (bicyclic) bond motifs is 1. The maximum atomic E-state index is 12.1. The fourth-order valence-electron chi connectivity index (χ4n) is 2.18. The Morgan fingerprint density at radius 1 is 1.14 bits per heavy atom. The molecule has 0 aliphatic rings. The van der Waals surface area contributed by atoms with E-state index in [0.29, 0.717) is 5.82 Å². The summed E-state index contributed by atoms with van der Waals surface area (Å²) in [5.74, 6) is 1.14. The Labute approximate surface area is 128 Å². The van der Waals surface area contributed by atoms with Crippen LogP contribution in [0.5, 0.6) is 5.75 Å². The Kier molecular flexibility index (Phi) is 3.96. The lowest BCUT2D eigenvalue weighted by molar-refractivity contribution is -0.115. The molecule has 0 aliphatic heterocycles. The number of amides is 1. The van der Waals surface area contributed by atoms with Crippen molar-refractivity contribution in [1.29, 1.82) is 0 Å². The zero-order valence-electron chi connectivity index (χ0n) is 12.1. The number of hydrogen-bond acceptors (Lipinski definition) is 4. The summed E-state index contributed by atoms with van der Waals surface area (Å²) in [6.45, 7) is 0. The van der Waals surface area contributed by atoms with Crippen LogP contribution in [0.1, 0.15) is 5.56 Å². The van der Waals surface area contributed by atoms with Crippen LogP contribution in [0.4, 0.5) is 5.82 Å². The van der Waals surface area contributed by atoms with Gasteiger partial charge in [0.1, 0.15) is 11.6 Å². The van der Waals surface area contributed by atoms with Crippen molar-refractivity contribution in [2.45, 2.75) is 6.42 Å². The Bertz CT molecular complexity index is 818. The van der Waals surface area contributed by atoms with Gasteiger partial charge in [0.25, 0.3) is 0 Å². The second kappa shape index (κ2) is 6.22. The van der Waals surface area contributed by atoms with E-state index in [9.17, 15) is 4.79 Å². The van der Waals surface area contributed by atoms with Crippen molar-refractivity contribution in [2.75, 3.05) is 12.4 Å². The highest BCUT2D eigenvalue weighted by Crippen LogP contribution is 2.15. The van der Waals surface area contributed by atoms with Gasteiger partial charge >= 0.3 is 0 Å². The molecule has 110 valence electrons. The molecule has 3 aromatic rings. The quantitative estimate of drug-likeness (QED) is 0.803. The van der Waals surface area contributed by atoms with Crippen molar-refractivity contribution in [3.05, 3.63) is 60.3 Å². The molecule has 2 aromatic heterocycles. The smallest absolute Gasteiger partial charge is 0.229 e. The first-order valence-corrected chi connectivity index (χ1v) is 6.89. The lowest BCUT2D eigenvalue weighted by Crippen LogP contribution is -2.15. The highest BCUT2D eigenvalue weighted by Gasteiger charge is 2.06. The number of ether oxygens (including phenoxy) is 1. The van der Waals surface area contributed by atoms with Crippen LogP contribution in [-0.2, 0) is 11.2 Å². The highest BCUT2D eigenvalue weighted by molar-refractivity contribution is 5.92. The number of anilines is 1. The van der Waals surface area contributed by atoms with Gasteiger partial charge in [-0.15, -0.1) is 0 Å². The fraction of sp³-hybridized carbons (Fsp3) is 0.118. The molecule has 0 radical (unpaired) electrons. The first-order valence-electron chi connectivity index (χ1n) is 6.89. The number of rotatable bonds is 4. The van der Waals surface area contributed by atoms with Gasteiger partial charge in [0.15, 0.2) is 0 Å². The van der Waals surface area contributed by atoms with Crippen LogP contribution in [0.3, 0.4) is 0 Å². The number of hydrogen-bond donors (Lipinski definition) is 1. The average molecular weight is 293 g/mol. The average Bonchev–Trinajstić information content (AvgIpc) is 2.55. The SMILES string of the molecule is COc1cccc(CC(=O)Nc2ccc3ncccc3n2)c1. The van der Waals surface area contributed by atoms with Crippen molar-refractivity contribution >= 4 is 22.8 Å². The molecule has 5 nitrogen and oxygen atoms in total. The maximum absolute atomic E-state index is 12.1. The number of carbonyl (C=O) groups excluding carboxylic acids is 1. The number of methoxy groups -OCH3 is 1. The Morgan fingerprint density at radius 3 is 2.91 bits per heavy atom. The van der Waals surface area contributed by atoms with Crippen LogP contribution in [0, 0.1) is 0 Å². The summed E-state index contributed by atoms with van der Waals surface area (Å²) in [6.07, 6.45) is 1.98. The molecule has 1 aromatic carbocycles. The van der Waals surface area contributed by atoms with E-state index < -0.39 is 0 Å². The minimum absolute atomic E-state index is 0.121. The number of benzene rings is 1. The number of nitrogens with one attached hydrogen (secondary N) is 1.